The number of imidazole rings is 1. The fourth-order valence-electron chi connectivity index (χ4n) is 2.66. The number of benzene rings is 2. The minimum Gasteiger partial charge on any atom is -0.349 e. The maximum Gasteiger partial charge on any atom is 0.230 e. The first-order valence-electron chi connectivity index (χ1n) is 8.24. The van der Waals surface area contributed by atoms with Crippen molar-refractivity contribution in [3.05, 3.63) is 63.9 Å². The third-order valence-corrected chi connectivity index (χ3v) is 5.78. The highest BCUT2D eigenvalue weighted by Crippen LogP contribution is 2.29. The molecule has 136 valence electrons. The normalized spacial score (nSPS) is 13.5. The molecule has 0 saturated carbocycles. The average Bonchev–Trinajstić information content (AvgIpc) is 3.03. The zero-order chi connectivity index (χ0) is 18.7. The molecule has 2 unspecified atom stereocenters. The number of aromatic nitrogens is 2. The van der Waals surface area contributed by atoms with Gasteiger partial charge in [-0.3, -0.25) is 4.79 Å². The third-order valence-electron chi connectivity index (χ3n) is 4.06. The summed E-state index contributed by atoms with van der Waals surface area (Å²) in [5.41, 5.74) is 2.79. The fourth-order valence-corrected chi connectivity index (χ4v) is 3.98. The highest BCUT2D eigenvalue weighted by atomic mass is 35.5. The number of halogens is 2. The average molecular weight is 408 g/mol. The van der Waals surface area contributed by atoms with Gasteiger partial charge in [0.25, 0.3) is 0 Å². The van der Waals surface area contributed by atoms with Gasteiger partial charge in [-0.1, -0.05) is 41.4 Å². The van der Waals surface area contributed by atoms with E-state index in [0.29, 0.717) is 15.8 Å². The summed E-state index contributed by atoms with van der Waals surface area (Å²) in [7, 11) is 0. The van der Waals surface area contributed by atoms with Crippen LogP contribution in [0, 0.1) is 0 Å². The minimum absolute atomic E-state index is 0.0449. The van der Waals surface area contributed by atoms with Gasteiger partial charge in [0.05, 0.1) is 28.1 Å². The van der Waals surface area contributed by atoms with Crippen molar-refractivity contribution in [3.8, 4) is 0 Å². The maximum atomic E-state index is 12.3. The van der Waals surface area contributed by atoms with Gasteiger partial charge in [0.1, 0.15) is 5.82 Å². The molecule has 7 heteroatoms. The molecule has 0 bridgehead atoms. The Morgan fingerprint density at radius 1 is 1.23 bits per heavy atom. The Morgan fingerprint density at radius 3 is 2.73 bits per heavy atom. The Morgan fingerprint density at radius 2 is 2.00 bits per heavy atom. The molecule has 1 heterocycles. The van der Waals surface area contributed by atoms with Crippen LogP contribution in [0.5, 0.6) is 0 Å². The van der Waals surface area contributed by atoms with E-state index in [-0.39, 0.29) is 17.2 Å². The molecule has 0 spiro atoms. The van der Waals surface area contributed by atoms with Gasteiger partial charge in [0, 0.05) is 10.0 Å². The molecule has 2 atom stereocenters. The van der Waals surface area contributed by atoms with E-state index in [4.69, 9.17) is 23.2 Å². The van der Waals surface area contributed by atoms with Crippen LogP contribution in [-0.4, -0.2) is 21.6 Å². The van der Waals surface area contributed by atoms with Crippen molar-refractivity contribution in [2.45, 2.75) is 25.1 Å². The smallest absolute Gasteiger partial charge is 0.230 e. The second-order valence-corrected chi connectivity index (χ2v) is 8.22. The number of hydrogen-bond acceptors (Lipinski definition) is 3. The SMILES string of the molecule is CC(NC(=O)CSC(C)c1nc2ccccc2[nH]1)c1ccc(Cl)cc1Cl. The number of nitrogens with one attached hydrogen (secondary N) is 2. The van der Waals surface area contributed by atoms with E-state index < -0.39 is 0 Å². The molecule has 0 radical (unpaired) electrons. The summed E-state index contributed by atoms with van der Waals surface area (Å²) in [6.07, 6.45) is 0. The Balaban J connectivity index is 1.56. The lowest BCUT2D eigenvalue weighted by molar-refractivity contribution is -0.119. The summed E-state index contributed by atoms with van der Waals surface area (Å²) < 4.78 is 0. The molecular formula is C19H19Cl2N3OS. The predicted molar refractivity (Wildman–Crippen MR) is 110 cm³/mol. The molecule has 3 aromatic rings. The molecular weight excluding hydrogens is 389 g/mol. The summed E-state index contributed by atoms with van der Waals surface area (Å²) in [4.78, 5) is 20.2. The van der Waals surface area contributed by atoms with Gasteiger partial charge in [-0.15, -0.1) is 11.8 Å². The van der Waals surface area contributed by atoms with E-state index in [2.05, 4.69) is 15.3 Å². The molecule has 0 aliphatic rings. The lowest BCUT2D eigenvalue weighted by Gasteiger charge is -2.16. The number of para-hydroxylation sites is 2. The van der Waals surface area contributed by atoms with Crippen LogP contribution in [0.3, 0.4) is 0 Å². The van der Waals surface area contributed by atoms with E-state index in [1.54, 1.807) is 12.1 Å². The largest absolute Gasteiger partial charge is 0.349 e. The van der Waals surface area contributed by atoms with Crippen molar-refractivity contribution in [2.24, 2.45) is 0 Å². The number of H-pyrrole nitrogens is 1. The first kappa shape index (κ1) is 19.1. The van der Waals surface area contributed by atoms with E-state index in [1.807, 2.05) is 44.2 Å². The molecule has 3 rings (SSSR count). The summed E-state index contributed by atoms with van der Waals surface area (Å²) in [6.45, 7) is 3.94. The van der Waals surface area contributed by atoms with Crippen LogP contribution < -0.4 is 5.32 Å². The Labute approximate surface area is 166 Å². The van der Waals surface area contributed by atoms with Crippen LogP contribution in [-0.2, 0) is 4.79 Å². The number of rotatable bonds is 6. The van der Waals surface area contributed by atoms with Crippen LogP contribution in [0.2, 0.25) is 10.0 Å². The fraction of sp³-hybridized carbons (Fsp3) is 0.263. The second kappa shape index (κ2) is 8.33. The monoisotopic (exact) mass is 407 g/mol. The summed E-state index contributed by atoms with van der Waals surface area (Å²) in [5, 5.41) is 4.18. The van der Waals surface area contributed by atoms with Crippen LogP contribution in [0.1, 0.15) is 36.5 Å². The number of aromatic amines is 1. The van der Waals surface area contributed by atoms with Gasteiger partial charge in [0.15, 0.2) is 0 Å². The molecule has 1 amide bonds. The number of fused-ring (bicyclic) bond motifs is 1. The number of amides is 1. The van der Waals surface area contributed by atoms with Crippen molar-refractivity contribution >= 4 is 51.9 Å². The van der Waals surface area contributed by atoms with Gasteiger partial charge in [0.2, 0.25) is 5.91 Å². The minimum atomic E-state index is -0.186. The predicted octanol–water partition coefficient (Wildman–Crippen LogP) is 5.54. The van der Waals surface area contributed by atoms with Gasteiger partial charge >= 0.3 is 0 Å². The molecule has 2 aromatic carbocycles. The maximum absolute atomic E-state index is 12.3. The quantitative estimate of drug-likeness (QED) is 0.563. The molecule has 0 aliphatic heterocycles. The molecule has 26 heavy (non-hydrogen) atoms. The van der Waals surface area contributed by atoms with E-state index in [9.17, 15) is 4.79 Å². The van der Waals surface area contributed by atoms with Crippen LogP contribution in [0.4, 0.5) is 0 Å². The first-order chi connectivity index (χ1) is 12.4. The Hall–Kier alpha value is -1.69. The van der Waals surface area contributed by atoms with E-state index in [0.717, 1.165) is 22.4 Å². The summed E-state index contributed by atoms with van der Waals surface area (Å²) >= 11 is 13.7. The highest BCUT2D eigenvalue weighted by Gasteiger charge is 2.16. The molecule has 1 aromatic heterocycles. The second-order valence-electron chi connectivity index (χ2n) is 6.05. The highest BCUT2D eigenvalue weighted by molar-refractivity contribution is 8.00. The van der Waals surface area contributed by atoms with Crippen LogP contribution >= 0.6 is 35.0 Å². The van der Waals surface area contributed by atoms with Crippen LogP contribution in [0.15, 0.2) is 42.5 Å². The zero-order valence-electron chi connectivity index (χ0n) is 14.4. The standard InChI is InChI=1S/C19H19Cl2N3OS/c1-11(14-8-7-13(20)9-15(14)21)22-18(25)10-26-12(2)19-23-16-5-3-4-6-17(16)24-19/h3-9,11-12H,10H2,1-2H3,(H,22,25)(H,23,24). The summed E-state index contributed by atoms with van der Waals surface area (Å²) in [5.74, 6) is 1.17. The van der Waals surface area contributed by atoms with Gasteiger partial charge in [-0.25, -0.2) is 4.98 Å². The number of hydrogen-bond donors (Lipinski definition) is 2. The lowest BCUT2D eigenvalue weighted by Crippen LogP contribution is -2.28. The Kier molecular flexibility index (Phi) is 6.12. The van der Waals surface area contributed by atoms with Crippen LogP contribution in [0.25, 0.3) is 11.0 Å². The number of thioether (sulfide) groups is 1. The first-order valence-corrected chi connectivity index (χ1v) is 10.0. The number of carbonyl (C=O) groups is 1. The zero-order valence-corrected chi connectivity index (χ0v) is 16.8. The number of nitrogens with zero attached hydrogens (tertiary/aromatic N) is 1. The Bertz CT molecular complexity index is 895. The molecule has 0 fully saturated rings. The van der Waals surface area contributed by atoms with Gasteiger partial charge < -0.3 is 10.3 Å². The topological polar surface area (TPSA) is 57.8 Å². The number of carbonyl (C=O) groups excluding carboxylic acids is 1. The van der Waals surface area contributed by atoms with E-state index in [1.165, 1.54) is 11.8 Å². The lowest BCUT2D eigenvalue weighted by atomic mass is 10.1. The molecule has 0 aliphatic carbocycles. The third kappa shape index (κ3) is 4.53. The van der Waals surface area contributed by atoms with Crippen molar-refractivity contribution in [1.82, 2.24) is 15.3 Å². The molecule has 0 saturated heterocycles. The van der Waals surface area contributed by atoms with E-state index >= 15 is 0 Å². The summed E-state index contributed by atoms with van der Waals surface area (Å²) in [6, 6.07) is 13.0. The van der Waals surface area contributed by atoms with Crippen molar-refractivity contribution in [2.75, 3.05) is 5.75 Å². The van der Waals surface area contributed by atoms with Crippen molar-refractivity contribution < 1.29 is 4.79 Å². The molecule has 2 N–H and O–H groups in total. The van der Waals surface area contributed by atoms with Crippen molar-refractivity contribution in [1.29, 1.82) is 0 Å². The van der Waals surface area contributed by atoms with Gasteiger partial charge in [-0.2, -0.15) is 0 Å². The van der Waals surface area contributed by atoms with Crippen molar-refractivity contribution in [3.63, 3.8) is 0 Å². The van der Waals surface area contributed by atoms with Gasteiger partial charge in [-0.05, 0) is 43.7 Å². The molecule has 4 nitrogen and oxygen atoms in total.